The van der Waals surface area contributed by atoms with Crippen LogP contribution in [0.15, 0.2) is 0 Å². The molecule has 7 heteroatoms. The van der Waals surface area contributed by atoms with Crippen molar-refractivity contribution in [2.75, 3.05) is 18.6 Å². The van der Waals surface area contributed by atoms with Crippen LogP contribution < -0.4 is 20.7 Å². The van der Waals surface area contributed by atoms with Gasteiger partial charge in [0, 0.05) is 0 Å². The van der Waals surface area contributed by atoms with Crippen molar-refractivity contribution in [2.45, 2.75) is 39.0 Å². The standard InChI is InChI=1S/C12H21N5O2/c1-2-7-18-11-14-10(17-13)15-12(16-11)19-8-6-9-4-3-5-9/h9H,2-8,13H2,1H3,(H,14,15,16,17). The first-order valence-corrected chi connectivity index (χ1v) is 6.80. The monoisotopic (exact) mass is 267 g/mol. The lowest BCUT2D eigenvalue weighted by Crippen LogP contribution is -2.16. The van der Waals surface area contributed by atoms with E-state index >= 15 is 0 Å². The molecule has 1 saturated carbocycles. The normalized spacial score (nSPS) is 14.8. The second-order valence-corrected chi connectivity index (χ2v) is 4.65. The first-order valence-electron chi connectivity index (χ1n) is 6.80. The Hall–Kier alpha value is -1.63. The average molecular weight is 267 g/mol. The Kier molecular flexibility index (Phi) is 5.14. The summed E-state index contributed by atoms with van der Waals surface area (Å²) in [5.74, 6) is 6.36. The Morgan fingerprint density at radius 1 is 1.16 bits per heavy atom. The van der Waals surface area contributed by atoms with Gasteiger partial charge in [-0.25, -0.2) is 5.84 Å². The first-order chi connectivity index (χ1) is 9.31. The summed E-state index contributed by atoms with van der Waals surface area (Å²) in [7, 11) is 0. The molecule has 1 aromatic rings. The number of nitrogen functional groups attached to an aromatic ring is 1. The SMILES string of the molecule is CCCOc1nc(NN)nc(OCCC2CCC2)n1. The van der Waals surface area contributed by atoms with Crippen molar-refractivity contribution in [3.05, 3.63) is 0 Å². The predicted molar refractivity (Wildman–Crippen MR) is 70.9 cm³/mol. The van der Waals surface area contributed by atoms with Gasteiger partial charge in [-0.05, 0) is 18.8 Å². The van der Waals surface area contributed by atoms with Crippen LogP contribution in [0, 0.1) is 5.92 Å². The molecule has 3 N–H and O–H groups in total. The third-order valence-electron chi connectivity index (χ3n) is 3.14. The van der Waals surface area contributed by atoms with Crippen molar-refractivity contribution >= 4 is 5.95 Å². The zero-order valence-electron chi connectivity index (χ0n) is 11.3. The van der Waals surface area contributed by atoms with E-state index in [9.17, 15) is 0 Å². The average Bonchev–Trinajstić information content (AvgIpc) is 2.39. The van der Waals surface area contributed by atoms with E-state index in [-0.39, 0.29) is 18.0 Å². The molecule has 1 aliphatic rings. The second kappa shape index (κ2) is 7.08. The van der Waals surface area contributed by atoms with Crippen LogP contribution in [0.5, 0.6) is 12.0 Å². The van der Waals surface area contributed by atoms with Crippen molar-refractivity contribution < 1.29 is 9.47 Å². The molecule has 19 heavy (non-hydrogen) atoms. The Labute approximate surface area is 112 Å². The molecule has 7 nitrogen and oxygen atoms in total. The number of aromatic nitrogens is 3. The Balaban J connectivity index is 1.89. The van der Waals surface area contributed by atoms with Gasteiger partial charge >= 0.3 is 12.0 Å². The molecule has 1 fully saturated rings. The maximum atomic E-state index is 5.54. The number of rotatable bonds is 8. The predicted octanol–water partition coefficient (Wildman–Crippen LogP) is 1.51. The van der Waals surface area contributed by atoms with E-state index in [1.165, 1.54) is 19.3 Å². The van der Waals surface area contributed by atoms with Gasteiger partial charge < -0.3 is 9.47 Å². The minimum Gasteiger partial charge on any atom is -0.463 e. The van der Waals surface area contributed by atoms with Crippen LogP contribution in [0.2, 0.25) is 0 Å². The van der Waals surface area contributed by atoms with Gasteiger partial charge in [0.2, 0.25) is 5.95 Å². The van der Waals surface area contributed by atoms with Gasteiger partial charge in [-0.3, -0.25) is 5.43 Å². The fourth-order valence-electron chi connectivity index (χ4n) is 1.82. The lowest BCUT2D eigenvalue weighted by atomic mass is 9.83. The third kappa shape index (κ3) is 4.20. The number of nitrogens with zero attached hydrogens (tertiary/aromatic N) is 3. The Morgan fingerprint density at radius 3 is 2.37 bits per heavy atom. The van der Waals surface area contributed by atoms with Gasteiger partial charge in [-0.1, -0.05) is 26.2 Å². The summed E-state index contributed by atoms with van der Waals surface area (Å²) in [6, 6.07) is 0.497. The lowest BCUT2D eigenvalue weighted by molar-refractivity contribution is 0.207. The van der Waals surface area contributed by atoms with E-state index in [1.807, 2.05) is 6.92 Å². The summed E-state index contributed by atoms with van der Waals surface area (Å²) in [5, 5.41) is 0. The second-order valence-electron chi connectivity index (χ2n) is 4.65. The molecule has 106 valence electrons. The van der Waals surface area contributed by atoms with Crippen molar-refractivity contribution in [1.29, 1.82) is 0 Å². The summed E-state index contributed by atoms with van der Waals surface area (Å²) < 4.78 is 10.9. The topological polar surface area (TPSA) is 95.2 Å². The summed E-state index contributed by atoms with van der Waals surface area (Å²) in [5.41, 5.74) is 2.38. The van der Waals surface area contributed by atoms with Gasteiger partial charge in [-0.15, -0.1) is 4.98 Å². The Bertz CT molecular complexity index is 398. The van der Waals surface area contributed by atoms with E-state index in [4.69, 9.17) is 15.3 Å². The fourth-order valence-corrected chi connectivity index (χ4v) is 1.82. The molecule has 0 atom stereocenters. The summed E-state index contributed by atoms with van der Waals surface area (Å²) in [6.45, 7) is 3.18. The van der Waals surface area contributed by atoms with Crippen LogP contribution in [0.4, 0.5) is 5.95 Å². The van der Waals surface area contributed by atoms with Gasteiger partial charge in [0.1, 0.15) is 0 Å². The molecule has 0 spiro atoms. The van der Waals surface area contributed by atoms with Crippen LogP contribution in [0.1, 0.15) is 39.0 Å². The van der Waals surface area contributed by atoms with E-state index < -0.39 is 0 Å². The number of nitrogens with two attached hydrogens (primary N) is 1. The summed E-state index contributed by atoms with van der Waals surface area (Å²) >= 11 is 0. The molecule has 0 amide bonds. The smallest absolute Gasteiger partial charge is 0.324 e. The number of hydrogen-bond donors (Lipinski definition) is 2. The zero-order valence-corrected chi connectivity index (χ0v) is 11.3. The van der Waals surface area contributed by atoms with Crippen LogP contribution in [-0.2, 0) is 0 Å². The van der Waals surface area contributed by atoms with Gasteiger partial charge in [0.25, 0.3) is 0 Å². The van der Waals surface area contributed by atoms with Crippen molar-refractivity contribution in [3.8, 4) is 12.0 Å². The van der Waals surface area contributed by atoms with E-state index in [0.717, 1.165) is 18.8 Å². The quantitative estimate of drug-likeness (QED) is 0.544. The molecular weight excluding hydrogens is 246 g/mol. The molecule has 0 aromatic carbocycles. The molecule has 1 aliphatic carbocycles. The van der Waals surface area contributed by atoms with E-state index in [0.29, 0.717) is 13.2 Å². The van der Waals surface area contributed by atoms with Crippen molar-refractivity contribution in [1.82, 2.24) is 15.0 Å². The minimum atomic E-state index is 0.239. The molecule has 0 radical (unpaired) electrons. The molecule has 1 aromatic heterocycles. The molecule has 0 bridgehead atoms. The van der Waals surface area contributed by atoms with Crippen LogP contribution in [0.3, 0.4) is 0 Å². The van der Waals surface area contributed by atoms with Gasteiger partial charge in [0.15, 0.2) is 0 Å². The largest absolute Gasteiger partial charge is 0.463 e. The number of nitrogens with one attached hydrogen (secondary N) is 1. The summed E-state index contributed by atoms with van der Waals surface area (Å²) in [4.78, 5) is 12.1. The van der Waals surface area contributed by atoms with Crippen LogP contribution in [-0.4, -0.2) is 28.2 Å². The van der Waals surface area contributed by atoms with Gasteiger partial charge in [-0.2, -0.15) is 9.97 Å². The molecule has 2 rings (SSSR count). The highest BCUT2D eigenvalue weighted by atomic mass is 16.5. The van der Waals surface area contributed by atoms with Crippen molar-refractivity contribution in [3.63, 3.8) is 0 Å². The lowest BCUT2D eigenvalue weighted by Gasteiger charge is -2.24. The molecule has 0 unspecified atom stereocenters. The minimum absolute atomic E-state index is 0.239. The third-order valence-corrected chi connectivity index (χ3v) is 3.14. The van der Waals surface area contributed by atoms with Gasteiger partial charge in [0.05, 0.1) is 13.2 Å². The molecule has 0 aliphatic heterocycles. The van der Waals surface area contributed by atoms with E-state index in [2.05, 4.69) is 20.4 Å². The van der Waals surface area contributed by atoms with E-state index in [1.54, 1.807) is 0 Å². The highest BCUT2D eigenvalue weighted by Crippen LogP contribution is 2.29. The van der Waals surface area contributed by atoms with Crippen molar-refractivity contribution in [2.24, 2.45) is 11.8 Å². The maximum Gasteiger partial charge on any atom is 0.324 e. The fraction of sp³-hybridized carbons (Fsp3) is 0.750. The number of hydrogen-bond acceptors (Lipinski definition) is 7. The summed E-state index contributed by atoms with van der Waals surface area (Å²) in [6.07, 6.45) is 5.88. The number of hydrazine groups is 1. The molecule has 1 heterocycles. The van der Waals surface area contributed by atoms with Crippen LogP contribution in [0.25, 0.3) is 0 Å². The molecule has 0 saturated heterocycles. The number of anilines is 1. The number of ether oxygens (including phenoxy) is 2. The zero-order chi connectivity index (χ0) is 13.5. The molecular formula is C12H21N5O2. The highest BCUT2D eigenvalue weighted by Gasteiger charge is 2.17. The Morgan fingerprint density at radius 2 is 1.84 bits per heavy atom. The highest BCUT2D eigenvalue weighted by molar-refractivity contribution is 5.25. The van der Waals surface area contributed by atoms with Crippen LogP contribution >= 0.6 is 0 Å². The first kappa shape index (κ1) is 13.8. The maximum absolute atomic E-state index is 5.54.